The van der Waals surface area contributed by atoms with Crippen LogP contribution in [-0.4, -0.2) is 33.3 Å². The van der Waals surface area contributed by atoms with Crippen LogP contribution in [0.2, 0.25) is 0 Å². The van der Waals surface area contributed by atoms with Gasteiger partial charge < -0.3 is 14.2 Å². The van der Waals surface area contributed by atoms with Crippen LogP contribution in [0.25, 0.3) is 5.57 Å². The first kappa shape index (κ1) is 13.8. The molecule has 0 aromatic heterocycles. The van der Waals surface area contributed by atoms with Crippen LogP contribution in [0.15, 0.2) is 24.8 Å². The Morgan fingerprint density at radius 1 is 1.11 bits per heavy atom. The molecule has 96 valence electrons. The number of ether oxygens (including phenoxy) is 3. The van der Waals surface area contributed by atoms with Gasteiger partial charge in [0, 0.05) is 5.56 Å². The van der Waals surface area contributed by atoms with Crippen molar-refractivity contribution in [3.8, 4) is 5.75 Å². The van der Waals surface area contributed by atoms with Gasteiger partial charge in [-0.2, -0.15) is 0 Å². The summed E-state index contributed by atoms with van der Waals surface area (Å²) in [6, 6.07) is 4.77. The van der Waals surface area contributed by atoms with Gasteiger partial charge in [0.05, 0.1) is 32.5 Å². The van der Waals surface area contributed by atoms with Crippen LogP contribution in [-0.2, 0) is 14.3 Å². The molecule has 0 aliphatic rings. The zero-order chi connectivity index (χ0) is 13.7. The maximum atomic E-state index is 11.6. The Morgan fingerprint density at radius 3 is 2.28 bits per heavy atom. The molecule has 0 amide bonds. The number of carbonyl (C=O) groups is 2. The molecule has 0 aliphatic heterocycles. The largest absolute Gasteiger partial charge is 0.496 e. The van der Waals surface area contributed by atoms with Crippen molar-refractivity contribution in [2.24, 2.45) is 0 Å². The molecule has 1 aromatic rings. The van der Waals surface area contributed by atoms with E-state index in [0.717, 1.165) is 0 Å². The lowest BCUT2D eigenvalue weighted by atomic mass is 9.99. The maximum absolute atomic E-state index is 11.6. The van der Waals surface area contributed by atoms with Gasteiger partial charge >= 0.3 is 11.9 Å². The lowest BCUT2D eigenvalue weighted by molar-refractivity contribution is -0.133. The molecule has 0 fully saturated rings. The summed E-state index contributed by atoms with van der Waals surface area (Å²) in [6.07, 6.45) is 0. The third-order valence-corrected chi connectivity index (χ3v) is 2.39. The topological polar surface area (TPSA) is 61.8 Å². The van der Waals surface area contributed by atoms with E-state index in [2.05, 4.69) is 16.1 Å². The predicted molar refractivity (Wildman–Crippen MR) is 65.4 cm³/mol. The van der Waals surface area contributed by atoms with Crippen molar-refractivity contribution in [3.63, 3.8) is 0 Å². The zero-order valence-corrected chi connectivity index (χ0v) is 10.5. The van der Waals surface area contributed by atoms with Crippen molar-refractivity contribution >= 4 is 17.5 Å². The summed E-state index contributed by atoms with van der Waals surface area (Å²) in [5.41, 5.74) is 0.515. The highest BCUT2D eigenvalue weighted by atomic mass is 16.5. The second-order valence-electron chi connectivity index (χ2n) is 3.34. The summed E-state index contributed by atoms with van der Waals surface area (Å²) in [6.45, 7) is 3.62. The smallest absolute Gasteiger partial charge is 0.338 e. The predicted octanol–water partition coefficient (Wildman–Crippen LogP) is 1.67. The Balaban J connectivity index is 3.41. The quantitative estimate of drug-likeness (QED) is 0.601. The summed E-state index contributed by atoms with van der Waals surface area (Å²) in [7, 11) is 3.93. The monoisotopic (exact) mass is 250 g/mol. The van der Waals surface area contributed by atoms with Gasteiger partial charge in [-0.15, -0.1) is 0 Å². The highest BCUT2D eigenvalue weighted by molar-refractivity contribution is 6.19. The Morgan fingerprint density at radius 2 is 1.78 bits per heavy atom. The highest BCUT2D eigenvalue weighted by Crippen LogP contribution is 2.29. The molecule has 0 atom stereocenters. The number of benzene rings is 1. The zero-order valence-electron chi connectivity index (χ0n) is 10.5. The van der Waals surface area contributed by atoms with Gasteiger partial charge in [-0.1, -0.05) is 12.6 Å². The van der Waals surface area contributed by atoms with E-state index in [0.29, 0.717) is 5.75 Å². The van der Waals surface area contributed by atoms with Crippen molar-refractivity contribution in [3.05, 3.63) is 35.9 Å². The molecule has 0 saturated heterocycles. The van der Waals surface area contributed by atoms with Gasteiger partial charge in [-0.05, 0) is 12.1 Å². The first-order valence-electron chi connectivity index (χ1n) is 5.09. The van der Waals surface area contributed by atoms with Crippen LogP contribution in [0.4, 0.5) is 0 Å². The van der Waals surface area contributed by atoms with Gasteiger partial charge in [0.1, 0.15) is 5.75 Å². The SMILES string of the molecule is C=C(C(=O)OC)c1c(OC)cccc1C(=O)OC. The van der Waals surface area contributed by atoms with Crippen LogP contribution in [0, 0.1) is 0 Å². The summed E-state index contributed by atoms with van der Waals surface area (Å²) in [4.78, 5) is 23.2. The summed E-state index contributed by atoms with van der Waals surface area (Å²) >= 11 is 0. The van der Waals surface area contributed by atoms with Crippen LogP contribution >= 0.6 is 0 Å². The first-order valence-corrected chi connectivity index (χ1v) is 5.09. The molecule has 5 heteroatoms. The van der Waals surface area contributed by atoms with Crippen LogP contribution in [0.5, 0.6) is 5.75 Å². The van der Waals surface area contributed by atoms with Gasteiger partial charge in [0.15, 0.2) is 0 Å². The Labute approximate surface area is 105 Å². The molecule has 5 nitrogen and oxygen atoms in total. The molecular weight excluding hydrogens is 236 g/mol. The van der Waals surface area contributed by atoms with Crippen molar-refractivity contribution in [1.82, 2.24) is 0 Å². The van der Waals surface area contributed by atoms with Crippen LogP contribution < -0.4 is 4.74 Å². The maximum Gasteiger partial charge on any atom is 0.338 e. The van der Waals surface area contributed by atoms with Gasteiger partial charge in [0.2, 0.25) is 0 Å². The van der Waals surface area contributed by atoms with E-state index < -0.39 is 11.9 Å². The van der Waals surface area contributed by atoms with Gasteiger partial charge in [0.25, 0.3) is 0 Å². The van der Waals surface area contributed by atoms with E-state index in [4.69, 9.17) is 4.74 Å². The van der Waals surface area contributed by atoms with E-state index in [1.165, 1.54) is 27.4 Å². The van der Waals surface area contributed by atoms with Crippen molar-refractivity contribution < 1.29 is 23.8 Å². The number of carbonyl (C=O) groups excluding carboxylic acids is 2. The third-order valence-electron chi connectivity index (χ3n) is 2.39. The van der Waals surface area contributed by atoms with Crippen molar-refractivity contribution in [2.75, 3.05) is 21.3 Å². The van der Waals surface area contributed by atoms with E-state index in [9.17, 15) is 9.59 Å². The molecule has 1 rings (SSSR count). The van der Waals surface area contributed by atoms with Crippen molar-refractivity contribution in [2.45, 2.75) is 0 Å². The molecule has 0 aliphatic carbocycles. The lowest BCUT2D eigenvalue weighted by Crippen LogP contribution is -2.11. The summed E-state index contributed by atoms with van der Waals surface area (Å²) in [5.74, 6) is -0.855. The fourth-order valence-electron chi connectivity index (χ4n) is 1.52. The molecule has 0 saturated carbocycles. The molecule has 0 heterocycles. The van der Waals surface area contributed by atoms with Gasteiger partial charge in [-0.3, -0.25) is 0 Å². The Kier molecular flexibility index (Phi) is 4.48. The van der Waals surface area contributed by atoms with Crippen molar-refractivity contribution in [1.29, 1.82) is 0 Å². The molecule has 0 bridgehead atoms. The number of hydrogen-bond donors (Lipinski definition) is 0. The summed E-state index contributed by atoms with van der Waals surface area (Å²) < 4.78 is 14.4. The number of methoxy groups -OCH3 is 3. The lowest BCUT2D eigenvalue weighted by Gasteiger charge is -2.13. The minimum Gasteiger partial charge on any atom is -0.496 e. The molecular formula is C13H14O5. The molecule has 0 radical (unpaired) electrons. The Hall–Kier alpha value is -2.30. The normalized spacial score (nSPS) is 9.50. The molecule has 0 N–H and O–H groups in total. The second-order valence-corrected chi connectivity index (χ2v) is 3.34. The average Bonchev–Trinajstić information content (AvgIpc) is 2.43. The van der Waals surface area contributed by atoms with Crippen LogP contribution in [0.1, 0.15) is 15.9 Å². The highest BCUT2D eigenvalue weighted by Gasteiger charge is 2.22. The minimum absolute atomic E-state index is 0.0374. The minimum atomic E-state index is -0.635. The average molecular weight is 250 g/mol. The first-order chi connectivity index (χ1) is 8.56. The van der Waals surface area contributed by atoms with Crippen LogP contribution in [0.3, 0.4) is 0 Å². The van der Waals surface area contributed by atoms with E-state index >= 15 is 0 Å². The van der Waals surface area contributed by atoms with Gasteiger partial charge in [-0.25, -0.2) is 9.59 Å². The van der Waals surface area contributed by atoms with E-state index in [-0.39, 0.29) is 16.7 Å². The molecule has 1 aromatic carbocycles. The number of rotatable bonds is 4. The Bertz CT molecular complexity index is 490. The second kappa shape index (κ2) is 5.86. The third kappa shape index (κ3) is 2.51. The molecule has 0 spiro atoms. The fraction of sp³-hybridized carbons (Fsp3) is 0.231. The molecule has 18 heavy (non-hydrogen) atoms. The number of hydrogen-bond acceptors (Lipinski definition) is 5. The summed E-state index contributed by atoms with van der Waals surface area (Å²) in [5, 5.41) is 0. The van der Waals surface area contributed by atoms with E-state index in [1.807, 2.05) is 0 Å². The standard InChI is InChI=1S/C13H14O5/c1-8(12(14)17-3)11-9(13(15)18-4)6-5-7-10(11)16-2/h5-7H,1H2,2-4H3. The fourth-order valence-corrected chi connectivity index (χ4v) is 1.52. The molecule has 0 unspecified atom stereocenters. The van der Waals surface area contributed by atoms with E-state index in [1.54, 1.807) is 12.1 Å². The number of esters is 2.